The number of hydrogen-bond acceptors (Lipinski definition) is 4. The van der Waals surface area contributed by atoms with E-state index in [-0.39, 0.29) is 11.7 Å². The number of aliphatic hydroxyl groups excluding tert-OH is 1. The summed E-state index contributed by atoms with van der Waals surface area (Å²) in [6, 6.07) is 0. The smallest absolute Gasteiger partial charge is 0.236 e. The van der Waals surface area contributed by atoms with Crippen LogP contribution in [0.25, 0.3) is 0 Å². The van der Waals surface area contributed by atoms with E-state index in [2.05, 4.69) is 5.16 Å². The van der Waals surface area contributed by atoms with E-state index in [9.17, 15) is 9.90 Å². The van der Waals surface area contributed by atoms with Crippen molar-refractivity contribution in [3.63, 3.8) is 0 Å². The molecule has 2 fully saturated rings. The second-order valence-electron chi connectivity index (χ2n) is 5.63. The minimum absolute atomic E-state index is 0.00524. The van der Waals surface area contributed by atoms with Crippen molar-refractivity contribution in [3.05, 3.63) is 0 Å². The number of piperidine rings is 1. The Kier molecular flexibility index (Phi) is 3.47. The summed E-state index contributed by atoms with van der Waals surface area (Å²) in [6.07, 6.45) is 2.32. The summed E-state index contributed by atoms with van der Waals surface area (Å²) < 4.78 is 0. The second kappa shape index (κ2) is 4.76. The fourth-order valence-electron chi connectivity index (χ4n) is 3.16. The van der Waals surface area contributed by atoms with Gasteiger partial charge in [-0.25, -0.2) is 0 Å². The molecule has 1 saturated carbocycles. The topological polar surface area (TPSA) is 99.2 Å². The number of nitrogens with two attached hydrogens (primary N) is 1. The third-order valence-electron chi connectivity index (χ3n) is 4.09. The Labute approximate surface area is 106 Å². The molecule has 0 aromatic carbocycles. The van der Waals surface area contributed by atoms with Gasteiger partial charge >= 0.3 is 0 Å². The molecule has 6 nitrogen and oxygen atoms in total. The standard InChI is InChI=1S/C12H21N3O3/c1-8-5-12(6-8,10(13)14-18)11(17)15-4-2-3-9(16)7-15/h8-9,16,18H,2-7H2,1H3,(H2,13,14). The molecule has 1 aliphatic carbocycles. The normalized spacial score (nSPS) is 37.2. The van der Waals surface area contributed by atoms with Crippen LogP contribution in [0.2, 0.25) is 0 Å². The fourth-order valence-corrected chi connectivity index (χ4v) is 3.16. The lowest BCUT2D eigenvalue weighted by Gasteiger charge is -2.47. The molecule has 4 N–H and O–H groups in total. The first kappa shape index (κ1) is 13.1. The third-order valence-corrected chi connectivity index (χ3v) is 4.09. The molecule has 1 amide bonds. The lowest BCUT2D eigenvalue weighted by Crippen LogP contribution is -2.59. The van der Waals surface area contributed by atoms with Crippen LogP contribution in [-0.2, 0) is 4.79 Å². The van der Waals surface area contributed by atoms with Crippen molar-refractivity contribution in [2.75, 3.05) is 13.1 Å². The number of amidine groups is 1. The summed E-state index contributed by atoms with van der Waals surface area (Å²) in [7, 11) is 0. The van der Waals surface area contributed by atoms with Crippen LogP contribution in [0.4, 0.5) is 0 Å². The van der Waals surface area contributed by atoms with Crippen molar-refractivity contribution < 1.29 is 15.1 Å². The van der Waals surface area contributed by atoms with Crippen LogP contribution in [0.5, 0.6) is 0 Å². The van der Waals surface area contributed by atoms with Crippen LogP contribution in [0, 0.1) is 11.3 Å². The summed E-state index contributed by atoms with van der Waals surface area (Å²) in [5.41, 5.74) is 4.87. The van der Waals surface area contributed by atoms with Crippen molar-refractivity contribution in [1.82, 2.24) is 4.90 Å². The predicted octanol–water partition coefficient (Wildman–Crippen LogP) is 0.132. The quantitative estimate of drug-likeness (QED) is 0.283. The molecule has 18 heavy (non-hydrogen) atoms. The fraction of sp³-hybridized carbons (Fsp3) is 0.833. The summed E-state index contributed by atoms with van der Waals surface area (Å²) >= 11 is 0. The Morgan fingerprint density at radius 3 is 2.67 bits per heavy atom. The van der Waals surface area contributed by atoms with Gasteiger partial charge in [0.25, 0.3) is 0 Å². The molecule has 1 atom stereocenters. The minimum atomic E-state index is -0.842. The van der Waals surface area contributed by atoms with E-state index in [0.29, 0.717) is 31.8 Å². The van der Waals surface area contributed by atoms with Gasteiger partial charge in [-0.15, -0.1) is 0 Å². The van der Waals surface area contributed by atoms with Gasteiger partial charge in [-0.1, -0.05) is 12.1 Å². The molecular formula is C12H21N3O3. The number of nitrogens with zero attached hydrogens (tertiary/aromatic N) is 2. The molecule has 1 aliphatic heterocycles. The maximum Gasteiger partial charge on any atom is 0.236 e. The minimum Gasteiger partial charge on any atom is -0.409 e. The molecular weight excluding hydrogens is 234 g/mol. The van der Waals surface area contributed by atoms with Crippen LogP contribution < -0.4 is 5.73 Å². The van der Waals surface area contributed by atoms with Crippen molar-refractivity contribution in [3.8, 4) is 0 Å². The van der Waals surface area contributed by atoms with E-state index in [1.54, 1.807) is 4.90 Å². The number of likely N-dealkylation sites (tertiary alicyclic amines) is 1. The molecule has 1 heterocycles. The number of β-amino-alcohol motifs (C(OH)–C–C–N with tert-alkyl or cyclic N) is 1. The van der Waals surface area contributed by atoms with E-state index in [1.165, 1.54) is 0 Å². The summed E-state index contributed by atoms with van der Waals surface area (Å²) in [6.45, 7) is 3.04. The van der Waals surface area contributed by atoms with E-state index in [1.807, 2.05) is 6.92 Å². The maximum absolute atomic E-state index is 12.5. The first-order valence-corrected chi connectivity index (χ1v) is 6.45. The van der Waals surface area contributed by atoms with Gasteiger partial charge in [0, 0.05) is 13.1 Å². The number of hydrogen-bond donors (Lipinski definition) is 3. The number of aliphatic hydroxyl groups is 1. The van der Waals surface area contributed by atoms with E-state index < -0.39 is 11.5 Å². The molecule has 0 aromatic heterocycles. The molecule has 1 saturated heterocycles. The number of amides is 1. The first-order valence-electron chi connectivity index (χ1n) is 6.45. The van der Waals surface area contributed by atoms with Crippen LogP contribution in [0.15, 0.2) is 5.16 Å². The van der Waals surface area contributed by atoms with Gasteiger partial charge in [-0.05, 0) is 31.6 Å². The molecule has 0 radical (unpaired) electrons. The van der Waals surface area contributed by atoms with E-state index >= 15 is 0 Å². The number of rotatable bonds is 2. The van der Waals surface area contributed by atoms with E-state index in [0.717, 1.165) is 12.8 Å². The Balaban J connectivity index is 2.14. The lowest BCUT2D eigenvalue weighted by molar-refractivity contribution is -0.147. The molecule has 6 heteroatoms. The van der Waals surface area contributed by atoms with Crippen molar-refractivity contribution in [2.24, 2.45) is 22.2 Å². The zero-order chi connectivity index (χ0) is 13.3. The third kappa shape index (κ3) is 2.05. The highest BCUT2D eigenvalue weighted by atomic mass is 16.4. The van der Waals surface area contributed by atoms with Crippen molar-refractivity contribution in [2.45, 2.75) is 38.7 Å². The van der Waals surface area contributed by atoms with Crippen molar-refractivity contribution >= 4 is 11.7 Å². The maximum atomic E-state index is 12.5. The van der Waals surface area contributed by atoms with Crippen LogP contribution >= 0.6 is 0 Å². The van der Waals surface area contributed by atoms with Crippen LogP contribution in [-0.4, -0.2) is 46.1 Å². The largest absolute Gasteiger partial charge is 0.409 e. The van der Waals surface area contributed by atoms with Crippen LogP contribution in [0.3, 0.4) is 0 Å². The Morgan fingerprint density at radius 2 is 2.17 bits per heavy atom. The number of carbonyl (C=O) groups excluding carboxylic acids is 1. The molecule has 2 aliphatic rings. The van der Waals surface area contributed by atoms with E-state index in [4.69, 9.17) is 10.9 Å². The highest BCUT2D eigenvalue weighted by Crippen LogP contribution is 2.47. The summed E-state index contributed by atoms with van der Waals surface area (Å²) in [5.74, 6) is 0.310. The number of oxime groups is 1. The number of carbonyl (C=O) groups is 1. The monoisotopic (exact) mass is 255 g/mol. The zero-order valence-electron chi connectivity index (χ0n) is 10.7. The SMILES string of the molecule is CC1CC(C(=O)N2CCCC(O)C2)(C(N)=NO)C1. The van der Waals surface area contributed by atoms with Crippen LogP contribution in [0.1, 0.15) is 32.6 Å². The Morgan fingerprint density at radius 1 is 1.50 bits per heavy atom. The Hall–Kier alpha value is -1.30. The Bertz CT molecular complexity index is 364. The molecule has 2 rings (SSSR count). The molecule has 0 aromatic rings. The molecule has 0 bridgehead atoms. The van der Waals surface area contributed by atoms with Gasteiger partial charge in [0.05, 0.1) is 6.10 Å². The molecule has 102 valence electrons. The molecule has 0 spiro atoms. The van der Waals surface area contributed by atoms with Gasteiger partial charge < -0.3 is 20.9 Å². The summed E-state index contributed by atoms with van der Waals surface area (Å²) in [4.78, 5) is 14.2. The molecule has 1 unspecified atom stereocenters. The second-order valence-corrected chi connectivity index (χ2v) is 5.63. The van der Waals surface area contributed by atoms with Gasteiger partial charge in [0.15, 0.2) is 5.84 Å². The van der Waals surface area contributed by atoms with Gasteiger partial charge in [-0.2, -0.15) is 0 Å². The van der Waals surface area contributed by atoms with Gasteiger partial charge in [-0.3, -0.25) is 4.79 Å². The highest BCUT2D eigenvalue weighted by molar-refractivity contribution is 6.07. The van der Waals surface area contributed by atoms with Crippen molar-refractivity contribution in [1.29, 1.82) is 0 Å². The van der Waals surface area contributed by atoms with Gasteiger partial charge in [0.1, 0.15) is 5.41 Å². The average molecular weight is 255 g/mol. The van der Waals surface area contributed by atoms with Gasteiger partial charge in [0.2, 0.25) is 5.91 Å². The average Bonchev–Trinajstić information content (AvgIpc) is 2.33. The lowest BCUT2D eigenvalue weighted by atomic mass is 9.61. The first-order chi connectivity index (χ1) is 8.49. The highest BCUT2D eigenvalue weighted by Gasteiger charge is 2.54. The predicted molar refractivity (Wildman–Crippen MR) is 66.1 cm³/mol. The summed E-state index contributed by atoms with van der Waals surface area (Å²) in [5, 5.41) is 21.5. The zero-order valence-corrected chi connectivity index (χ0v) is 10.7.